The van der Waals surface area contributed by atoms with Crippen molar-refractivity contribution in [3.8, 4) is 0 Å². The summed E-state index contributed by atoms with van der Waals surface area (Å²) >= 11 is 0. The van der Waals surface area contributed by atoms with Crippen molar-refractivity contribution >= 4 is 9.84 Å². The van der Waals surface area contributed by atoms with E-state index in [1.54, 1.807) is 0 Å². The van der Waals surface area contributed by atoms with Crippen molar-refractivity contribution in [3.63, 3.8) is 0 Å². The second-order valence-corrected chi connectivity index (χ2v) is 5.91. The van der Waals surface area contributed by atoms with Gasteiger partial charge in [-0.15, -0.1) is 0 Å². The van der Waals surface area contributed by atoms with Crippen LogP contribution in [0.15, 0.2) is 12.0 Å². The molecular formula is C15H18FeO3S+2. The van der Waals surface area contributed by atoms with Crippen molar-refractivity contribution in [2.75, 3.05) is 19.0 Å². The van der Waals surface area contributed by atoms with Crippen molar-refractivity contribution < 1.29 is 30.2 Å². The van der Waals surface area contributed by atoms with Crippen LogP contribution in [0.3, 0.4) is 0 Å². The SMILES string of the molecule is C=CS(=O)(=O)CCOC[C]1[CH][CH][CH][CH]1.[CH]1[CH][CH][CH][CH]1.[Fe+2]. The van der Waals surface area contributed by atoms with Crippen LogP contribution < -0.4 is 0 Å². The molecule has 10 radical (unpaired) electrons. The Morgan fingerprint density at radius 2 is 1.50 bits per heavy atom. The second kappa shape index (κ2) is 11.8. The molecule has 2 fully saturated rings. The molecule has 0 aliphatic heterocycles. The summed E-state index contributed by atoms with van der Waals surface area (Å²) in [7, 11) is -3.12. The Bertz CT molecular complexity index is 323. The summed E-state index contributed by atoms with van der Waals surface area (Å²) in [5, 5.41) is 0.957. The van der Waals surface area contributed by atoms with Gasteiger partial charge >= 0.3 is 17.1 Å². The van der Waals surface area contributed by atoms with Gasteiger partial charge in [-0.2, -0.15) is 0 Å². The molecule has 2 aliphatic carbocycles. The maximum absolute atomic E-state index is 11.0. The zero-order chi connectivity index (χ0) is 14.0. The fraction of sp³-hybridized carbons (Fsp3) is 0.200. The molecule has 0 N–H and O–H groups in total. The molecule has 108 valence electrons. The van der Waals surface area contributed by atoms with E-state index >= 15 is 0 Å². The van der Waals surface area contributed by atoms with Gasteiger partial charge in [-0.1, -0.05) is 6.58 Å². The zero-order valence-corrected chi connectivity index (χ0v) is 13.0. The molecule has 2 saturated carbocycles. The first-order valence-corrected chi connectivity index (χ1v) is 7.66. The van der Waals surface area contributed by atoms with E-state index in [4.69, 9.17) is 4.74 Å². The average Bonchev–Trinajstić information content (AvgIpc) is 3.10. The summed E-state index contributed by atoms with van der Waals surface area (Å²) in [6.45, 7) is 3.88. The Hall–Kier alpha value is 0.169. The molecule has 0 aromatic carbocycles. The smallest absolute Gasteiger partial charge is 0.380 e. The van der Waals surface area contributed by atoms with Gasteiger partial charge in [0.15, 0.2) is 9.84 Å². The first-order chi connectivity index (χ1) is 9.14. The standard InChI is InChI=1S/C10H13O3S.C5H5.Fe/c1-2-14(11,12)8-7-13-9-10-5-3-4-6-10;1-2-4-5-3-1;/h2-6H,1,7-9H2;1-5H;/q;;+2. The van der Waals surface area contributed by atoms with Gasteiger partial charge in [0.1, 0.15) is 0 Å². The Balaban J connectivity index is 0.000000507. The fourth-order valence-electron chi connectivity index (χ4n) is 1.28. The summed E-state index contributed by atoms with van der Waals surface area (Å²) in [6, 6.07) is 0. The second-order valence-electron chi connectivity index (χ2n) is 3.84. The van der Waals surface area contributed by atoms with Crippen LogP contribution >= 0.6 is 0 Å². The van der Waals surface area contributed by atoms with Crippen molar-refractivity contribution in [2.24, 2.45) is 0 Å². The Morgan fingerprint density at radius 3 is 1.95 bits per heavy atom. The molecule has 0 aromatic rings. The van der Waals surface area contributed by atoms with Gasteiger partial charge in [-0.05, 0) is 57.8 Å². The number of rotatable bonds is 6. The molecule has 2 aliphatic rings. The molecule has 0 heterocycles. The molecule has 0 unspecified atom stereocenters. The largest absolute Gasteiger partial charge is 2.00 e. The maximum Gasteiger partial charge on any atom is 2.00 e. The van der Waals surface area contributed by atoms with Crippen LogP contribution in [0.4, 0.5) is 0 Å². The topological polar surface area (TPSA) is 43.4 Å². The van der Waals surface area contributed by atoms with Crippen LogP contribution in [0, 0.1) is 63.7 Å². The Morgan fingerprint density at radius 1 is 1.00 bits per heavy atom. The number of hydrogen-bond donors (Lipinski definition) is 0. The first kappa shape index (κ1) is 20.2. The van der Waals surface area contributed by atoms with E-state index in [1.807, 2.05) is 57.8 Å². The minimum atomic E-state index is -3.12. The van der Waals surface area contributed by atoms with Gasteiger partial charge < -0.3 is 4.74 Å². The van der Waals surface area contributed by atoms with Gasteiger partial charge in [0.05, 0.1) is 19.0 Å². The maximum atomic E-state index is 11.0. The predicted molar refractivity (Wildman–Crippen MR) is 76.7 cm³/mol. The van der Waals surface area contributed by atoms with Crippen LogP contribution in [0.5, 0.6) is 0 Å². The summed E-state index contributed by atoms with van der Waals surface area (Å²) in [4.78, 5) is 0. The minimum Gasteiger partial charge on any atom is -0.380 e. The molecule has 0 amide bonds. The van der Waals surface area contributed by atoms with E-state index in [1.165, 1.54) is 0 Å². The van der Waals surface area contributed by atoms with Gasteiger partial charge in [0.25, 0.3) is 0 Å². The van der Waals surface area contributed by atoms with Gasteiger partial charge in [0.2, 0.25) is 0 Å². The zero-order valence-electron chi connectivity index (χ0n) is 11.1. The third-order valence-electron chi connectivity index (χ3n) is 2.32. The molecule has 0 saturated heterocycles. The van der Waals surface area contributed by atoms with Crippen LogP contribution in [0.25, 0.3) is 0 Å². The van der Waals surface area contributed by atoms with Crippen LogP contribution in [0.2, 0.25) is 0 Å². The van der Waals surface area contributed by atoms with E-state index in [0.717, 1.165) is 11.3 Å². The van der Waals surface area contributed by atoms with Crippen LogP contribution in [-0.2, 0) is 31.6 Å². The number of hydrogen-bond acceptors (Lipinski definition) is 3. The molecule has 5 heteroatoms. The normalized spacial score (nSPS) is 19.0. The quantitative estimate of drug-likeness (QED) is 0.551. The van der Waals surface area contributed by atoms with E-state index in [9.17, 15) is 8.42 Å². The molecule has 0 spiro atoms. The number of sulfone groups is 1. The molecular weight excluding hydrogens is 316 g/mol. The molecule has 0 atom stereocenters. The Kier molecular flexibility index (Phi) is 11.9. The van der Waals surface area contributed by atoms with Gasteiger partial charge in [0, 0.05) is 11.3 Å². The third-order valence-corrected chi connectivity index (χ3v) is 3.57. The Labute approximate surface area is 134 Å². The molecule has 0 bridgehead atoms. The predicted octanol–water partition coefficient (Wildman–Crippen LogP) is 1.99. The first-order valence-electron chi connectivity index (χ1n) is 5.94. The molecule has 3 nitrogen and oxygen atoms in total. The molecule has 20 heavy (non-hydrogen) atoms. The van der Waals surface area contributed by atoms with E-state index in [-0.39, 0.29) is 29.4 Å². The van der Waals surface area contributed by atoms with E-state index in [2.05, 4.69) is 6.58 Å². The number of ether oxygens (including phenoxy) is 1. The van der Waals surface area contributed by atoms with E-state index < -0.39 is 9.84 Å². The average molecular weight is 334 g/mol. The van der Waals surface area contributed by atoms with Crippen LogP contribution in [-0.4, -0.2) is 27.4 Å². The summed E-state index contributed by atoms with van der Waals surface area (Å²) in [5.74, 6) is 1.05. The fourth-order valence-corrected chi connectivity index (χ4v) is 1.80. The van der Waals surface area contributed by atoms with Gasteiger partial charge in [-0.3, -0.25) is 0 Å². The van der Waals surface area contributed by atoms with E-state index in [0.29, 0.717) is 6.61 Å². The minimum absolute atomic E-state index is 0. The van der Waals surface area contributed by atoms with Crippen molar-refractivity contribution in [2.45, 2.75) is 0 Å². The summed E-state index contributed by atoms with van der Waals surface area (Å²) < 4.78 is 27.1. The summed E-state index contributed by atoms with van der Waals surface area (Å²) in [5.41, 5.74) is 0. The van der Waals surface area contributed by atoms with Crippen molar-refractivity contribution in [3.05, 3.63) is 75.7 Å². The summed E-state index contributed by atoms with van der Waals surface area (Å²) in [6.07, 6.45) is 17.7. The molecule has 2 rings (SSSR count). The van der Waals surface area contributed by atoms with Gasteiger partial charge in [-0.25, -0.2) is 8.42 Å². The van der Waals surface area contributed by atoms with Crippen molar-refractivity contribution in [1.82, 2.24) is 0 Å². The third kappa shape index (κ3) is 9.98. The van der Waals surface area contributed by atoms with Crippen LogP contribution in [0.1, 0.15) is 0 Å². The molecule has 0 aromatic heterocycles. The van der Waals surface area contributed by atoms with Crippen molar-refractivity contribution in [1.29, 1.82) is 0 Å². The monoisotopic (exact) mass is 334 g/mol.